The van der Waals surface area contributed by atoms with Crippen molar-refractivity contribution < 1.29 is 18.7 Å². The molecule has 5 nitrogen and oxygen atoms in total. The first-order chi connectivity index (χ1) is 10.3. The van der Waals surface area contributed by atoms with Crippen LogP contribution in [0.4, 0.5) is 0 Å². The molecule has 21 heavy (non-hydrogen) atoms. The third kappa shape index (κ3) is 2.87. The summed E-state index contributed by atoms with van der Waals surface area (Å²) in [6.45, 7) is 0. The highest BCUT2D eigenvalue weighted by Gasteiger charge is 2.33. The first-order valence-electron chi connectivity index (χ1n) is 6.66. The zero-order chi connectivity index (χ0) is 14.7. The van der Waals surface area contributed by atoms with Gasteiger partial charge in [-0.25, -0.2) is 4.99 Å². The van der Waals surface area contributed by atoms with Gasteiger partial charge in [-0.2, -0.15) is 0 Å². The number of furan rings is 1. The number of nitrogens with zero attached hydrogens (tertiary/aromatic N) is 1. The van der Waals surface area contributed by atoms with E-state index in [0.717, 1.165) is 11.3 Å². The fourth-order valence-corrected chi connectivity index (χ4v) is 2.27. The highest BCUT2D eigenvalue weighted by Crippen LogP contribution is 2.31. The van der Waals surface area contributed by atoms with Crippen molar-refractivity contribution in [2.75, 3.05) is 7.11 Å². The Morgan fingerprint density at radius 3 is 2.71 bits per heavy atom. The molecule has 1 aliphatic rings. The summed E-state index contributed by atoms with van der Waals surface area (Å²) in [7, 11) is 1.36. The van der Waals surface area contributed by atoms with E-state index in [1.54, 1.807) is 18.4 Å². The van der Waals surface area contributed by atoms with E-state index < -0.39 is 12.3 Å². The van der Waals surface area contributed by atoms with Crippen molar-refractivity contribution in [1.82, 2.24) is 0 Å². The van der Waals surface area contributed by atoms with Crippen LogP contribution in [0.25, 0.3) is 0 Å². The van der Waals surface area contributed by atoms with Crippen LogP contribution < -0.4 is 0 Å². The molecule has 0 N–H and O–H groups in total. The Morgan fingerprint density at radius 1 is 1.24 bits per heavy atom. The third-order valence-corrected chi connectivity index (χ3v) is 3.29. The summed E-state index contributed by atoms with van der Waals surface area (Å²) in [5, 5.41) is 0. The minimum atomic E-state index is -0.523. The van der Waals surface area contributed by atoms with Crippen LogP contribution in [-0.2, 0) is 14.3 Å². The van der Waals surface area contributed by atoms with Gasteiger partial charge in [0.05, 0.1) is 25.5 Å². The fraction of sp³-hybridized carbons (Fsp3) is 0.250. The lowest BCUT2D eigenvalue weighted by Crippen LogP contribution is -2.24. The van der Waals surface area contributed by atoms with Crippen molar-refractivity contribution in [1.29, 1.82) is 0 Å². The number of esters is 1. The van der Waals surface area contributed by atoms with Gasteiger partial charge in [0.1, 0.15) is 6.10 Å². The normalized spacial score (nSPS) is 21.1. The lowest BCUT2D eigenvalue weighted by atomic mass is 10.0. The molecular formula is C16H15NO4. The van der Waals surface area contributed by atoms with Crippen LogP contribution in [-0.4, -0.2) is 24.9 Å². The van der Waals surface area contributed by atoms with Crippen LogP contribution in [0.3, 0.4) is 0 Å². The zero-order valence-electron chi connectivity index (χ0n) is 11.6. The van der Waals surface area contributed by atoms with Gasteiger partial charge in [-0.3, -0.25) is 4.79 Å². The van der Waals surface area contributed by atoms with E-state index in [0.29, 0.717) is 5.76 Å². The predicted octanol–water partition coefficient (Wildman–Crippen LogP) is 2.73. The Kier molecular flexibility index (Phi) is 3.83. The minimum absolute atomic E-state index is 0.126. The Balaban J connectivity index is 1.90. The highest BCUT2D eigenvalue weighted by atomic mass is 16.5. The number of hydrogen-bond acceptors (Lipinski definition) is 5. The van der Waals surface area contributed by atoms with Gasteiger partial charge in [0.2, 0.25) is 6.23 Å². The molecule has 0 amide bonds. The van der Waals surface area contributed by atoms with Crippen molar-refractivity contribution in [2.24, 2.45) is 4.99 Å². The highest BCUT2D eigenvalue weighted by molar-refractivity contribution is 6.06. The smallest absolute Gasteiger partial charge is 0.308 e. The SMILES string of the molecule is COC(=O)C[C@@H]1O[C@H](c2ccco2)N=C1c1ccccc1. The second-order valence-electron chi connectivity index (χ2n) is 4.65. The average Bonchev–Trinajstić information content (AvgIpc) is 3.17. The van der Waals surface area contributed by atoms with Crippen LogP contribution in [0.5, 0.6) is 0 Å². The average molecular weight is 285 g/mol. The lowest BCUT2D eigenvalue weighted by molar-refractivity contribution is -0.143. The second kappa shape index (κ2) is 5.93. The van der Waals surface area contributed by atoms with Crippen molar-refractivity contribution >= 4 is 11.7 Å². The molecule has 2 heterocycles. The molecule has 0 bridgehead atoms. The number of hydrogen-bond donors (Lipinski definition) is 0. The van der Waals surface area contributed by atoms with Crippen LogP contribution in [0.1, 0.15) is 24.0 Å². The van der Waals surface area contributed by atoms with Gasteiger partial charge in [-0.05, 0) is 17.7 Å². The molecule has 1 aromatic carbocycles. The van der Waals surface area contributed by atoms with E-state index in [2.05, 4.69) is 4.99 Å². The molecule has 0 radical (unpaired) electrons. The monoisotopic (exact) mass is 285 g/mol. The number of methoxy groups -OCH3 is 1. The van der Waals surface area contributed by atoms with Gasteiger partial charge in [-0.15, -0.1) is 0 Å². The summed E-state index contributed by atoms with van der Waals surface area (Å²) in [5.41, 5.74) is 1.67. The number of ether oxygens (including phenoxy) is 2. The molecule has 1 aliphatic heterocycles. The molecule has 0 unspecified atom stereocenters. The third-order valence-electron chi connectivity index (χ3n) is 3.29. The molecule has 5 heteroatoms. The Bertz CT molecular complexity index is 634. The van der Waals surface area contributed by atoms with E-state index in [-0.39, 0.29) is 12.4 Å². The molecule has 0 fully saturated rings. The first kappa shape index (κ1) is 13.6. The topological polar surface area (TPSA) is 61.0 Å². The van der Waals surface area contributed by atoms with Gasteiger partial charge in [0, 0.05) is 0 Å². The van der Waals surface area contributed by atoms with Crippen molar-refractivity contribution in [3.63, 3.8) is 0 Å². The van der Waals surface area contributed by atoms with Gasteiger partial charge in [0.15, 0.2) is 5.76 Å². The molecule has 108 valence electrons. The molecule has 0 aliphatic carbocycles. The Morgan fingerprint density at radius 2 is 2.05 bits per heavy atom. The van der Waals surface area contributed by atoms with E-state index in [1.165, 1.54) is 7.11 Å². The summed E-state index contributed by atoms with van der Waals surface area (Å²) in [4.78, 5) is 16.1. The van der Waals surface area contributed by atoms with Crippen LogP contribution in [0.15, 0.2) is 58.1 Å². The predicted molar refractivity (Wildman–Crippen MR) is 75.9 cm³/mol. The molecule has 2 atom stereocenters. The van der Waals surface area contributed by atoms with Crippen LogP contribution in [0.2, 0.25) is 0 Å². The summed E-state index contributed by atoms with van der Waals surface area (Å²) >= 11 is 0. The minimum Gasteiger partial charge on any atom is -0.469 e. The van der Waals surface area contributed by atoms with Gasteiger partial charge in [0.25, 0.3) is 0 Å². The Hall–Kier alpha value is -2.40. The molecule has 0 saturated carbocycles. The number of aliphatic imine (C=N–C) groups is 1. The molecule has 0 spiro atoms. The van der Waals surface area contributed by atoms with Crippen molar-refractivity contribution in [2.45, 2.75) is 18.8 Å². The number of carbonyl (C=O) groups is 1. The maximum atomic E-state index is 11.6. The quantitative estimate of drug-likeness (QED) is 0.810. The number of carbonyl (C=O) groups excluding carboxylic acids is 1. The maximum absolute atomic E-state index is 11.6. The van der Waals surface area contributed by atoms with Gasteiger partial charge < -0.3 is 13.9 Å². The number of rotatable bonds is 4. The van der Waals surface area contributed by atoms with E-state index in [1.807, 2.05) is 30.3 Å². The van der Waals surface area contributed by atoms with E-state index in [4.69, 9.17) is 13.9 Å². The Labute approximate surface area is 122 Å². The maximum Gasteiger partial charge on any atom is 0.308 e. The molecule has 3 rings (SSSR count). The van der Waals surface area contributed by atoms with Gasteiger partial charge >= 0.3 is 5.97 Å². The molecule has 0 saturated heterocycles. The van der Waals surface area contributed by atoms with E-state index in [9.17, 15) is 4.79 Å². The first-order valence-corrected chi connectivity index (χ1v) is 6.66. The number of benzene rings is 1. The summed E-state index contributed by atoms with van der Waals surface area (Å²) in [6, 6.07) is 13.2. The largest absolute Gasteiger partial charge is 0.469 e. The van der Waals surface area contributed by atoms with E-state index >= 15 is 0 Å². The molecule has 1 aromatic heterocycles. The molecule has 2 aromatic rings. The zero-order valence-corrected chi connectivity index (χ0v) is 11.6. The van der Waals surface area contributed by atoms with Crippen molar-refractivity contribution in [3.8, 4) is 0 Å². The molecular weight excluding hydrogens is 270 g/mol. The van der Waals surface area contributed by atoms with Crippen LogP contribution >= 0.6 is 0 Å². The second-order valence-corrected chi connectivity index (χ2v) is 4.65. The van der Waals surface area contributed by atoms with Crippen molar-refractivity contribution in [3.05, 3.63) is 60.1 Å². The standard InChI is InChI=1S/C16H15NO4/c1-19-14(18)10-13-15(11-6-3-2-4-7-11)17-16(21-13)12-8-5-9-20-12/h2-9,13,16H,10H2,1H3/t13-,16+/m0/s1. The lowest BCUT2D eigenvalue weighted by Gasteiger charge is -2.12. The van der Waals surface area contributed by atoms with Gasteiger partial charge in [-0.1, -0.05) is 30.3 Å². The van der Waals surface area contributed by atoms with Crippen LogP contribution in [0, 0.1) is 0 Å². The fourth-order valence-electron chi connectivity index (χ4n) is 2.27. The summed E-state index contributed by atoms with van der Waals surface area (Å²) in [6.07, 6.45) is 0.741. The summed E-state index contributed by atoms with van der Waals surface area (Å²) < 4.78 is 15.9. The summed E-state index contributed by atoms with van der Waals surface area (Å²) in [5.74, 6) is 0.291.